The molecule has 0 saturated heterocycles. The van der Waals surface area contributed by atoms with Crippen molar-refractivity contribution < 1.29 is 14.0 Å². The molecule has 0 saturated carbocycles. The van der Waals surface area contributed by atoms with Crippen LogP contribution in [0.5, 0.6) is 0 Å². The van der Waals surface area contributed by atoms with E-state index in [-0.39, 0.29) is 16.3 Å². The molecule has 2 N–H and O–H groups in total. The van der Waals surface area contributed by atoms with Gasteiger partial charge in [0, 0.05) is 29.4 Å². The first-order valence-electron chi connectivity index (χ1n) is 12.7. The van der Waals surface area contributed by atoms with E-state index in [0.717, 1.165) is 29.9 Å². The molecule has 1 aromatic heterocycles. The van der Waals surface area contributed by atoms with Crippen LogP contribution in [0, 0.1) is 0 Å². The van der Waals surface area contributed by atoms with Crippen LogP contribution in [0.4, 0.5) is 5.69 Å². The standard InChI is InChI=1S/C31H28Cl2N4O3/c1-3-37(4-2)24-14-12-21(13-15-24)18-28(35-30(38)26-10-5-6-11-27(26)33)31(39)36-34-20-25-16-17-29(40-25)22-8-7-9-23(32)19-22/h5-20H,3-4H2,1-2H3,(H,35,38)(H,36,39)/b28-18+,34-20+. The first-order valence-corrected chi connectivity index (χ1v) is 13.4. The van der Waals surface area contributed by atoms with E-state index in [1.807, 2.05) is 36.4 Å². The third-order valence-electron chi connectivity index (χ3n) is 6.04. The van der Waals surface area contributed by atoms with Crippen molar-refractivity contribution in [2.24, 2.45) is 5.10 Å². The molecule has 4 rings (SSSR count). The second-order valence-electron chi connectivity index (χ2n) is 8.67. The van der Waals surface area contributed by atoms with Gasteiger partial charge in [0.25, 0.3) is 11.8 Å². The van der Waals surface area contributed by atoms with Crippen LogP contribution in [0.3, 0.4) is 0 Å². The summed E-state index contributed by atoms with van der Waals surface area (Å²) >= 11 is 12.3. The summed E-state index contributed by atoms with van der Waals surface area (Å²) in [5.41, 5.74) is 5.30. The van der Waals surface area contributed by atoms with Crippen LogP contribution in [0.15, 0.2) is 100 Å². The Morgan fingerprint density at radius 3 is 2.38 bits per heavy atom. The Kier molecular flexibility index (Phi) is 9.78. The number of nitrogens with zero attached hydrogens (tertiary/aromatic N) is 2. The summed E-state index contributed by atoms with van der Waals surface area (Å²) in [7, 11) is 0. The molecule has 0 atom stereocenters. The lowest BCUT2D eigenvalue weighted by Crippen LogP contribution is -2.33. The van der Waals surface area contributed by atoms with Crippen LogP contribution in [0.1, 0.15) is 35.5 Å². The van der Waals surface area contributed by atoms with E-state index in [1.54, 1.807) is 54.6 Å². The number of carbonyl (C=O) groups excluding carboxylic acids is 2. The minimum atomic E-state index is -0.619. The zero-order valence-electron chi connectivity index (χ0n) is 22.0. The van der Waals surface area contributed by atoms with Crippen LogP contribution < -0.4 is 15.6 Å². The van der Waals surface area contributed by atoms with Gasteiger partial charge in [-0.2, -0.15) is 5.10 Å². The van der Waals surface area contributed by atoms with Crippen molar-refractivity contribution in [2.75, 3.05) is 18.0 Å². The van der Waals surface area contributed by atoms with E-state index < -0.39 is 11.8 Å². The predicted molar refractivity (Wildman–Crippen MR) is 162 cm³/mol. The van der Waals surface area contributed by atoms with Gasteiger partial charge in [0.05, 0.1) is 16.8 Å². The van der Waals surface area contributed by atoms with Crippen molar-refractivity contribution in [3.63, 3.8) is 0 Å². The summed E-state index contributed by atoms with van der Waals surface area (Å²) in [6.45, 7) is 5.93. The number of benzene rings is 3. The SMILES string of the molecule is CCN(CC)c1ccc(/C=C(/NC(=O)c2ccccc2Cl)C(=O)N/N=C/c2ccc(-c3cccc(Cl)c3)o2)cc1. The van der Waals surface area contributed by atoms with Crippen LogP contribution in [0.2, 0.25) is 10.0 Å². The minimum Gasteiger partial charge on any atom is -0.455 e. The number of hydrazone groups is 1. The highest BCUT2D eigenvalue weighted by Gasteiger charge is 2.16. The smallest absolute Gasteiger partial charge is 0.287 e. The number of rotatable bonds is 10. The Labute approximate surface area is 243 Å². The van der Waals surface area contributed by atoms with Crippen molar-refractivity contribution in [1.82, 2.24) is 10.7 Å². The number of anilines is 1. The fourth-order valence-electron chi connectivity index (χ4n) is 3.96. The molecule has 0 aliphatic heterocycles. The average Bonchev–Trinajstić information content (AvgIpc) is 3.43. The fourth-order valence-corrected chi connectivity index (χ4v) is 4.38. The number of nitrogens with one attached hydrogen (secondary N) is 2. The van der Waals surface area contributed by atoms with Gasteiger partial charge in [-0.05, 0) is 74.0 Å². The third-order valence-corrected chi connectivity index (χ3v) is 6.60. The maximum absolute atomic E-state index is 13.1. The summed E-state index contributed by atoms with van der Waals surface area (Å²) < 4.78 is 5.78. The molecule has 3 aromatic carbocycles. The molecule has 0 spiro atoms. The number of halogens is 2. The molecular formula is C31H28Cl2N4O3. The van der Waals surface area contributed by atoms with Crippen molar-refractivity contribution >= 4 is 53.0 Å². The summed E-state index contributed by atoms with van der Waals surface area (Å²) in [4.78, 5) is 28.3. The average molecular weight is 575 g/mol. The monoisotopic (exact) mass is 574 g/mol. The third kappa shape index (κ3) is 7.40. The topological polar surface area (TPSA) is 86.9 Å². The highest BCUT2D eigenvalue weighted by atomic mass is 35.5. The predicted octanol–water partition coefficient (Wildman–Crippen LogP) is 7.02. The highest BCUT2D eigenvalue weighted by Crippen LogP contribution is 2.24. The first-order chi connectivity index (χ1) is 19.4. The van der Waals surface area contributed by atoms with E-state index in [2.05, 4.69) is 34.6 Å². The molecule has 1 heterocycles. The van der Waals surface area contributed by atoms with E-state index in [9.17, 15) is 9.59 Å². The normalized spacial score (nSPS) is 11.4. The van der Waals surface area contributed by atoms with Gasteiger partial charge in [0.2, 0.25) is 0 Å². The Bertz CT molecular complexity index is 1540. The van der Waals surface area contributed by atoms with Crippen molar-refractivity contribution in [3.8, 4) is 11.3 Å². The van der Waals surface area contributed by atoms with E-state index in [4.69, 9.17) is 27.6 Å². The molecule has 9 heteroatoms. The molecular weight excluding hydrogens is 547 g/mol. The lowest BCUT2D eigenvalue weighted by molar-refractivity contribution is -0.117. The Morgan fingerprint density at radius 2 is 1.68 bits per heavy atom. The molecule has 0 aliphatic rings. The van der Waals surface area contributed by atoms with Gasteiger partial charge in [-0.1, -0.05) is 59.6 Å². The summed E-state index contributed by atoms with van der Waals surface area (Å²) in [6.07, 6.45) is 2.95. The minimum absolute atomic E-state index is 0.00304. The number of hydrogen-bond acceptors (Lipinski definition) is 5. The maximum Gasteiger partial charge on any atom is 0.287 e. The van der Waals surface area contributed by atoms with Gasteiger partial charge in [0.15, 0.2) is 0 Å². The number of amides is 2. The molecule has 0 fully saturated rings. The summed E-state index contributed by atoms with van der Waals surface area (Å²) in [5.74, 6) is -0.108. The second-order valence-corrected chi connectivity index (χ2v) is 9.51. The quantitative estimate of drug-likeness (QED) is 0.121. The molecule has 7 nitrogen and oxygen atoms in total. The van der Waals surface area contributed by atoms with E-state index in [0.29, 0.717) is 16.5 Å². The largest absolute Gasteiger partial charge is 0.455 e. The van der Waals surface area contributed by atoms with Gasteiger partial charge in [-0.3, -0.25) is 9.59 Å². The molecule has 40 heavy (non-hydrogen) atoms. The zero-order chi connectivity index (χ0) is 28.5. The van der Waals surface area contributed by atoms with Crippen molar-refractivity contribution in [2.45, 2.75) is 13.8 Å². The number of furan rings is 1. The van der Waals surface area contributed by atoms with Gasteiger partial charge in [-0.15, -0.1) is 0 Å². The summed E-state index contributed by atoms with van der Waals surface area (Å²) in [6, 6.07) is 25.1. The Hall–Kier alpha value is -4.33. The Balaban J connectivity index is 1.53. The Morgan fingerprint density at radius 1 is 0.925 bits per heavy atom. The molecule has 0 radical (unpaired) electrons. The highest BCUT2D eigenvalue weighted by molar-refractivity contribution is 6.34. The van der Waals surface area contributed by atoms with Crippen LogP contribution >= 0.6 is 23.2 Å². The van der Waals surface area contributed by atoms with Gasteiger partial charge in [-0.25, -0.2) is 5.43 Å². The van der Waals surface area contributed by atoms with Crippen LogP contribution in [0.25, 0.3) is 17.4 Å². The molecule has 2 amide bonds. The van der Waals surface area contributed by atoms with Gasteiger partial charge < -0.3 is 14.6 Å². The molecule has 0 unspecified atom stereocenters. The van der Waals surface area contributed by atoms with E-state index in [1.165, 1.54) is 6.21 Å². The molecule has 0 aliphatic carbocycles. The second kappa shape index (κ2) is 13.6. The van der Waals surface area contributed by atoms with Crippen LogP contribution in [-0.4, -0.2) is 31.1 Å². The van der Waals surface area contributed by atoms with E-state index >= 15 is 0 Å². The fraction of sp³-hybridized carbons (Fsp3) is 0.129. The van der Waals surface area contributed by atoms with Crippen LogP contribution in [-0.2, 0) is 4.79 Å². The maximum atomic E-state index is 13.1. The van der Waals surface area contributed by atoms with Crippen molar-refractivity contribution in [3.05, 3.63) is 118 Å². The molecule has 204 valence electrons. The lowest BCUT2D eigenvalue weighted by Gasteiger charge is -2.21. The molecule has 4 aromatic rings. The lowest BCUT2D eigenvalue weighted by atomic mass is 10.1. The van der Waals surface area contributed by atoms with Gasteiger partial charge >= 0.3 is 0 Å². The summed E-state index contributed by atoms with van der Waals surface area (Å²) in [5, 5.41) is 7.55. The molecule has 0 bridgehead atoms. The zero-order valence-corrected chi connectivity index (χ0v) is 23.5. The first kappa shape index (κ1) is 28.7. The number of hydrogen-bond donors (Lipinski definition) is 2. The van der Waals surface area contributed by atoms with Crippen molar-refractivity contribution in [1.29, 1.82) is 0 Å². The van der Waals surface area contributed by atoms with Gasteiger partial charge in [0.1, 0.15) is 17.2 Å². The number of carbonyl (C=O) groups is 2.